The van der Waals surface area contributed by atoms with E-state index in [1.807, 2.05) is 6.20 Å². The molecular weight excluding hydrogens is 234 g/mol. The summed E-state index contributed by atoms with van der Waals surface area (Å²) in [5.74, 6) is 1.12. The van der Waals surface area contributed by atoms with Crippen LogP contribution in [-0.2, 0) is 6.54 Å². The second-order valence-corrected chi connectivity index (χ2v) is 7.46. The van der Waals surface area contributed by atoms with Crippen molar-refractivity contribution in [2.75, 3.05) is 18.0 Å². The molecule has 2 rings (SSSR count). The highest BCUT2D eigenvalue weighted by molar-refractivity contribution is 5.41. The number of nitrogens with one attached hydrogen (secondary N) is 1. The standard InChI is InChI=1S/C16H27N3/c1-15(2,3)18-11-13-6-7-14(17-10-13)19-9-8-16(4,5)12-19/h6-7,10,18H,8-9,11-12H2,1-5H3. The molecule has 1 N–H and O–H groups in total. The molecule has 0 amide bonds. The third-order valence-electron chi connectivity index (χ3n) is 3.63. The highest BCUT2D eigenvalue weighted by Crippen LogP contribution is 2.31. The molecule has 0 atom stereocenters. The van der Waals surface area contributed by atoms with Crippen LogP contribution in [0.15, 0.2) is 18.3 Å². The molecule has 19 heavy (non-hydrogen) atoms. The Balaban J connectivity index is 1.95. The second-order valence-electron chi connectivity index (χ2n) is 7.46. The van der Waals surface area contributed by atoms with Crippen LogP contribution >= 0.6 is 0 Å². The molecule has 1 aromatic rings. The fourth-order valence-corrected chi connectivity index (χ4v) is 2.38. The van der Waals surface area contributed by atoms with Crippen LogP contribution in [0.25, 0.3) is 0 Å². The summed E-state index contributed by atoms with van der Waals surface area (Å²) in [5, 5.41) is 3.49. The Kier molecular flexibility index (Phi) is 3.86. The SMILES string of the molecule is CC1(C)CCN(c2ccc(CNC(C)(C)C)cn2)C1. The molecule has 1 aromatic heterocycles. The lowest BCUT2D eigenvalue weighted by Crippen LogP contribution is -2.35. The average Bonchev–Trinajstić information content (AvgIpc) is 2.67. The summed E-state index contributed by atoms with van der Waals surface area (Å²) in [5.41, 5.74) is 1.82. The summed E-state index contributed by atoms with van der Waals surface area (Å²) >= 11 is 0. The van der Waals surface area contributed by atoms with E-state index >= 15 is 0 Å². The van der Waals surface area contributed by atoms with E-state index in [4.69, 9.17) is 0 Å². The molecule has 0 aliphatic carbocycles. The van der Waals surface area contributed by atoms with Gasteiger partial charge in [-0.1, -0.05) is 19.9 Å². The van der Waals surface area contributed by atoms with Gasteiger partial charge in [0.25, 0.3) is 0 Å². The van der Waals surface area contributed by atoms with Crippen LogP contribution in [0.3, 0.4) is 0 Å². The van der Waals surface area contributed by atoms with Crippen LogP contribution < -0.4 is 10.2 Å². The monoisotopic (exact) mass is 261 g/mol. The molecule has 0 unspecified atom stereocenters. The normalized spacial score (nSPS) is 18.9. The van der Waals surface area contributed by atoms with Crippen molar-refractivity contribution in [1.29, 1.82) is 0 Å². The molecule has 0 spiro atoms. The van der Waals surface area contributed by atoms with Crippen LogP contribution in [0.2, 0.25) is 0 Å². The Hall–Kier alpha value is -1.09. The fraction of sp³-hybridized carbons (Fsp3) is 0.688. The van der Waals surface area contributed by atoms with Crippen molar-refractivity contribution in [2.45, 2.75) is 53.1 Å². The largest absolute Gasteiger partial charge is 0.356 e. The maximum atomic E-state index is 4.61. The number of rotatable bonds is 3. The van der Waals surface area contributed by atoms with Gasteiger partial charge in [-0.25, -0.2) is 4.98 Å². The van der Waals surface area contributed by atoms with Gasteiger partial charge in [-0.3, -0.25) is 0 Å². The van der Waals surface area contributed by atoms with E-state index in [2.05, 4.69) is 62.0 Å². The molecule has 0 aromatic carbocycles. The van der Waals surface area contributed by atoms with Gasteiger partial charge in [0.1, 0.15) is 5.82 Å². The predicted octanol–water partition coefficient (Wildman–Crippen LogP) is 3.21. The highest BCUT2D eigenvalue weighted by atomic mass is 15.2. The topological polar surface area (TPSA) is 28.2 Å². The van der Waals surface area contributed by atoms with Crippen LogP contribution in [-0.4, -0.2) is 23.6 Å². The van der Waals surface area contributed by atoms with Crippen molar-refractivity contribution in [3.63, 3.8) is 0 Å². The Labute approximate surface area is 117 Å². The minimum atomic E-state index is 0.150. The summed E-state index contributed by atoms with van der Waals surface area (Å²) in [4.78, 5) is 7.00. The van der Waals surface area contributed by atoms with Gasteiger partial charge in [0.05, 0.1) is 0 Å². The molecule has 106 valence electrons. The minimum absolute atomic E-state index is 0.150. The van der Waals surface area contributed by atoms with Crippen molar-refractivity contribution >= 4 is 5.82 Å². The zero-order chi connectivity index (χ0) is 14.1. The van der Waals surface area contributed by atoms with E-state index in [-0.39, 0.29) is 5.54 Å². The molecule has 0 radical (unpaired) electrons. The van der Waals surface area contributed by atoms with E-state index in [9.17, 15) is 0 Å². The van der Waals surface area contributed by atoms with Gasteiger partial charge in [0.15, 0.2) is 0 Å². The summed E-state index contributed by atoms with van der Waals surface area (Å²) in [6, 6.07) is 4.34. The van der Waals surface area contributed by atoms with Crippen molar-refractivity contribution in [3.8, 4) is 0 Å². The second kappa shape index (κ2) is 5.12. The summed E-state index contributed by atoms with van der Waals surface area (Å²) in [6.45, 7) is 14.3. The van der Waals surface area contributed by atoms with E-state index in [1.54, 1.807) is 0 Å². The molecule has 1 aliphatic heterocycles. The highest BCUT2D eigenvalue weighted by Gasteiger charge is 2.29. The van der Waals surface area contributed by atoms with Gasteiger partial charge in [-0.2, -0.15) is 0 Å². The van der Waals surface area contributed by atoms with Gasteiger partial charge < -0.3 is 10.2 Å². The Morgan fingerprint density at radius 2 is 2.05 bits per heavy atom. The lowest BCUT2D eigenvalue weighted by molar-refractivity contribution is 0.418. The van der Waals surface area contributed by atoms with E-state index < -0.39 is 0 Å². The zero-order valence-corrected chi connectivity index (χ0v) is 13.0. The Morgan fingerprint density at radius 1 is 1.32 bits per heavy atom. The first-order valence-electron chi connectivity index (χ1n) is 7.20. The summed E-state index contributed by atoms with van der Waals surface area (Å²) in [6.07, 6.45) is 3.25. The predicted molar refractivity (Wildman–Crippen MR) is 81.4 cm³/mol. The smallest absolute Gasteiger partial charge is 0.128 e. The molecule has 1 fully saturated rings. The molecule has 0 saturated carbocycles. The molecule has 1 saturated heterocycles. The third kappa shape index (κ3) is 4.20. The van der Waals surface area contributed by atoms with Crippen molar-refractivity contribution in [3.05, 3.63) is 23.9 Å². The first-order valence-corrected chi connectivity index (χ1v) is 7.20. The maximum Gasteiger partial charge on any atom is 0.128 e. The number of nitrogens with zero attached hydrogens (tertiary/aromatic N) is 2. The van der Waals surface area contributed by atoms with Gasteiger partial charge in [-0.15, -0.1) is 0 Å². The number of aromatic nitrogens is 1. The van der Waals surface area contributed by atoms with Gasteiger partial charge in [0.2, 0.25) is 0 Å². The van der Waals surface area contributed by atoms with Crippen molar-refractivity contribution in [1.82, 2.24) is 10.3 Å². The van der Waals surface area contributed by atoms with E-state index in [0.29, 0.717) is 5.41 Å². The Bertz CT molecular complexity index is 415. The molecule has 3 heteroatoms. The third-order valence-corrected chi connectivity index (χ3v) is 3.63. The van der Waals surface area contributed by atoms with Crippen LogP contribution in [0.4, 0.5) is 5.82 Å². The lowest BCUT2D eigenvalue weighted by Gasteiger charge is -2.22. The molecule has 3 nitrogen and oxygen atoms in total. The summed E-state index contributed by atoms with van der Waals surface area (Å²) < 4.78 is 0. The van der Waals surface area contributed by atoms with Crippen LogP contribution in [0.1, 0.15) is 46.6 Å². The minimum Gasteiger partial charge on any atom is -0.356 e. The van der Waals surface area contributed by atoms with Gasteiger partial charge >= 0.3 is 0 Å². The van der Waals surface area contributed by atoms with Gasteiger partial charge in [-0.05, 0) is 44.2 Å². The van der Waals surface area contributed by atoms with Crippen molar-refractivity contribution in [2.24, 2.45) is 5.41 Å². The average molecular weight is 261 g/mol. The molecule has 0 bridgehead atoms. The zero-order valence-electron chi connectivity index (χ0n) is 13.0. The summed E-state index contributed by atoms with van der Waals surface area (Å²) in [7, 11) is 0. The number of anilines is 1. The number of pyridine rings is 1. The Morgan fingerprint density at radius 3 is 2.53 bits per heavy atom. The quantitative estimate of drug-likeness (QED) is 0.905. The molecular formula is C16H27N3. The van der Waals surface area contributed by atoms with E-state index in [0.717, 1.165) is 25.5 Å². The first kappa shape index (κ1) is 14.3. The lowest BCUT2D eigenvalue weighted by atomic mass is 9.93. The first-order chi connectivity index (χ1) is 8.75. The van der Waals surface area contributed by atoms with Crippen LogP contribution in [0.5, 0.6) is 0 Å². The maximum absolute atomic E-state index is 4.61. The van der Waals surface area contributed by atoms with Crippen molar-refractivity contribution < 1.29 is 0 Å². The molecule has 1 aliphatic rings. The fourth-order valence-electron chi connectivity index (χ4n) is 2.38. The number of hydrogen-bond donors (Lipinski definition) is 1. The van der Waals surface area contributed by atoms with E-state index in [1.165, 1.54) is 12.0 Å². The van der Waals surface area contributed by atoms with Crippen LogP contribution in [0, 0.1) is 5.41 Å². The molecule has 2 heterocycles. The van der Waals surface area contributed by atoms with Gasteiger partial charge in [0, 0.05) is 31.4 Å². The number of hydrogen-bond acceptors (Lipinski definition) is 3.